The number of nitrogens with two attached hydrogens (primary N) is 1. The summed E-state index contributed by atoms with van der Waals surface area (Å²) in [6.45, 7) is 2.72. The van der Waals surface area contributed by atoms with Crippen LogP contribution >= 0.6 is 7.82 Å². The maximum absolute atomic E-state index is 12.7. The van der Waals surface area contributed by atoms with Crippen LogP contribution in [0.15, 0.2) is 48.6 Å². The van der Waals surface area contributed by atoms with Gasteiger partial charge < -0.3 is 25.2 Å². The second kappa shape index (κ2) is 43.1. The molecule has 348 valence electrons. The number of aliphatic carboxylic acids is 1. The van der Waals surface area contributed by atoms with Crippen molar-refractivity contribution in [1.82, 2.24) is 0 Å². The number of phosphoric ester groups is 1. The van der Waals surface area contributed by atoms with Crippen molar-refractivity contribution in [3.8, 4) is 0 Å². The van der Waals surface area contributed by atoms with Gasteiger partial charge in [0.15, 0.2) is 6.10 Å². The molecule has 0 saturated heterocycles. The average molecular weight is 868 g/mol. The highest BCUT2D eigenvalue weighted by molar-refractivity contribution is 7.47. The molecule has 0 heterocycles. The fourth-order valence-corrected chi connectivity index (χ4v) is 7.09. The number of phosphoric acid groups is 1. The van der Waals surface area contributed by atoms with Gasteiger partial charge in [0.2, 0.25) is 0 Å². The van der Waals surface area contributed by atoms with E-state index in [4.69, 9.17) is 24.8 Å². The molecule has 0 aliphatic carbocycles. The third-order valence-corrected chi connectivity index (χ3v) is 11.0. The summed E-state index contributed by atoms with van der Waals surface area (Å²) in [6, 6.07) is -1.52. The summed E-state index contributed by atoms with van der Waals surface area (Å²) in [4.78, 5) is 46.0. The van der Waals surface area contributed by atoms with Crippen molar-refractivity contribution in [2.24, 2.45) is 5.73 Å². The number of carboxylic acid groups (broad SMARTS) is 1. The van der Waals surface area contributed by atoms with Crippen LogP contribution in [0.1, 0.15) is 206 Å². The Labute approximate surface area is 365 Å². The number of ether oxygens (including phenoxy) is 2. The number of rotatable bonds is 44. The van der Waals surface area contributed by atoms with Gasteiger partial charge in [-0.25, -0.2) is 4.57 Å². The van der Waals surface area contributed by atoms with Crippen LogP contribution in [-0.2, 0) is 37.5 Å². The number of allylic oxidation sites excluding steroid dienone is 8. The number of carbonyl (C=O) groups excluding carboxylic acids is 2. The summed E-state index contributed by atoms with van der Waals surface area (Å²) in [7, 11) is -4.72. The topological polar surface area (TPSA) is 172 Å². The van der Waals surface area contributed by atoms with Crippen molar-refractivity contribution < 1.29 is 47.5 Å². The van der Waals surface area contributed by atoms with E-state index in [9.17, 15) is 23.8 Å². The summed E-state index contributed by atoms with van der Waals surface area (Å²) in [5, 5.41) is 8.90. The van der Waals surface area contributed by atoms with E-state index in [1.807, 2.05) is 0 Å². The molecular formula is C48H86NO10P. The van der Waals surface area contributed by atoms with Crippen LogP contribution in [0.4, 0.5) is 0 Å². The summed E-state index contributed by atoms with van der Waals surface area (Å²) in [6.07, 6.45) is 48.9. The Kier molecular flexibility index (Phi) is 41.3. The molecule has 11 nitrogen and oxygen atoms in total. The molecule has 0 fully saturated rings. The molecule has 0 aliphatic rings. The highest BCUT2D eigenvalue weighted by Gasteiger charge is 2.28. The number of hydrogen-bond acceptors (Lipinski definition) is 9. The maximum atomic E-state index is 12.7. The molecule has 0 rings (SSSR count). The molecular weight excluding hydrogens is 781 g/mol. The average Bonchev–Trinajstić information content (AvgIpc) is 3.22. The molecule has 0 amide bonds. The van der Waals surface area contributed by atoms with Crippen molar-refractivity contribution in [1.29, 1.82) is 0 Å². The highest BCUT2D eigenvalue weighted by atomic mass is 31.2. The monoisotopic (exact) mass is 868 g/mol. The zero-order chi connectivity index (χ0) is 44.2. The van der Waals surface area contributed by atoms with E-state index < -0.39 is 51.1 Å². The number of carboxylic acids is 1. The van der Waals surface area contributed by atoms with E-state index in [-0.39, 0.29) is 19.4 Å². The normalized spacial score (nSPS) is 14.1. The summed E-state index contributed by atoms with van der Waals surface area (Å²) < 4.78 is 32.7. The zero-order valence-electron chi connectivity index (χ0n) is 37.8. The van der Waals surface area contributed by atoms with Gasteiger partial charge in [-0.05, 0) is 70.6 Å². The summed E-state index contributed by atoms with van der Waals surface area (Å²) >= 11 is 0. The van der Waals surface area contributed by atoms with Crippen LogP contribution in [0.2, 0.25) is 0 Å². The minimum absolute atomic E-state index is 0.155. The Hall–Kier alpha value is -2.56. The lowest BCUT2D eigenvalue weighted by Crippen LogP contribution is -2.34. The molecule has 0 aromatic carbocycles. The van der Waals surface area contributed by atoms with Crippen molar-refractivity contribution in [3.63, 3.8) is 0 Å². The first-order chi connectivity index (χ1) is 29.1. The fraction of sp³-hybridized carbons (Fsp3) is 0.771. The van der Waals surface area contributed by atoms with Crippen LogP contribution in [0.5, 0.6) is 0 Å². The molecule has 0 aromatic heterocycles. The molecule has 0 radical (unpaired) electrons. The van der Waals surface area contributed by atoms with Gasteiger partial charge in [0.1, 0.15) is 12.6 Å². The van der Waals surface area contributed by atoms with Crippen molar-refractivity contribution >= 4 is 25.7 Å². The van der Waals surface area contributed by atoms with Crippen LogP contribution in [0.25, 0.3) is 0 Å². The Morgan fingerprint density at radius 3 is 1.37 bits per heavy atom. The summed E-state index contributed by atoms with van der Waals surface area (Å²) in [5.41, 5.74) is 5.34. The molecule has 3 atom stereocenters. The molecule has 0 aromatic rings. The van der Waals surface area contributed by atoms with E-state index >= 15 is 0 Å². The first-order valence-electron chi connectivity index (χ1n) is 23.7. The van der Waals surface area contributed by atoms with E-state index in [1.54, 1.807) is 0 Å². The second-order valence-corrected chi connectivity index (χ2v) is 17.3. The molecule has 0 aliphatic heterocycles. The van der Waals surface area contributed by atoms with Crippen LogP contribution in [0, 0.1) is 0 Å². The highest BCUT2D eigenvalue weighted by Crippen LogP contribution is 2.43. The fourth-order valence-electron chi connectivity index (χ4n) is 6.31. The van der Waals surface area contributed by atoms with Crippen LogP contribution in [-0.4, -0.2) is 59.9 Å². The maximum Gasteiger partial charge on any atom is 0.472 e. The standard InChI is InChI=1S/C48H86NO10P/c1-3-5-7-9-11-13-15-17-18-19-20-21-22-23-24-25-26-28-30-32-34-36-38-40-47(51)59-44(42-57-60(54,55)58-43-45(49)48(52)53)41-56-46(50)39-37-35-33-31-29-27-16-14-12-10-8-6-4-2/h8,10,14-17,19-20,44-45H,3-7,9,11-13,18,21-43,49H2,1-2H3,(H,52,53)(H,54,55)/b10-8-,16-14-,17-15-,20-19-. The molecule has 3 unspecified atom stereocenters. The van der Waals surface area contributed by atoms with Crippen molar-refractivity contribution in [2.45, 2.75) is 219 Å². The van der Waals surface area contributed by atoms with E-state index in [2.05, 4.69) is 67.0 Å². The second-order valence-electron chi connectivity index (χ2n) is 15.9. The van der Waals surface area contributed by atoms with Crippen LogP contribution < -0.4 is 5.73 Å². The Bertz CT molecular complexity index is 1200. The van der Waals surface area contributed by atoms with Gasteiger partial charge in [-0.1, -0.05) is 172 Å². The number of hydrogen-bond donors (Lipinski definition) is 3. The molecule has 4 N–H and O–H groups in total. The number of carbonyl (C=O) groups is 3. The van der Waals surface area contributed by atoms with Crippen molar-refractivity contribution in [3.05, 3.63) is 48.6 Å². The largest absolute Gasteiger partial charge is 0.480 e. The Balaban J connectivity index is 4.26. The lowest BCUT2D eigenvalue weighted by molar-refractivity contribution is -0.161. The third-order valence-electron chi connectivity index (χ3n) is 10.0. The first kappa shape index (κ1) is 57.4. The van der Waals surface area contributed by atoms with E-state index in [0.29, 0.717) is 12.8 Å². The molecule has 12 heteroatoms. The quantitative estimate of drug-likeness (QED) is 0.0230. The SMILES string of the molecule is CCC/C=C\C/C=C\CCCCCCCC(=O)OCC(COP(=O)(O)OCC(N)C(=O)O)OC(=O)CCCCCCCCCCCCC/C=C\C/C=C\CCCCCCC. The Morgan fingerprint density at radius 2 is 0.917 bits per heavy atom. The predicted molar refractivity (Wildman–Crippen MR) is 245 cm³/mol. The molecule has 0 bridgehead atoms. The van der Waals surface area contributed by atoms with E-state index in [0.717, 1.165) is 70.6 Å². The van der Waals surface area contributed by atoms with Gasteiger partial charge >= 0.3 is 25.7 Å². The van der Waals surface area contributed by atoms with Crippen LogP contribution in [0.3, 0.4) is 0 Å². The molecule has 0 spiro atoms. The summed E-state index contributed by atoms with van der Waals surface area (Å²) in [5.74, 6) is -2.40. The first-order valence-corrected chi connectivity index (χ1v) is 25.2. The number of unbranched alkanes of at least 4 members (excludes halogenated alkanes) is 22. The van der Waals surface area contributed by atoms with Gasteiger partial charge in [-0.15, -0.1) is 0 Å². The van der Waals surface area contributed by atoms with Gasteiger partial charge in [0, 0.05) is 12.8 Å². The number of esters is 2. The minimum Gasteiger partial charge on any atom is -0.480 e. The third kappa shape index (κ3) is 42.1. The lowest BCUT2D eigenvalue weighted by Gasteiger charge is -2.20. The van der Waals surface area contributed by atoms with Gasteiger partial charge in [0.05, 0.1) is 13.2 Å². The van der Waals surface area contributed by atoms with E-state index in [1.165, 1.54) is 96.3 Å². The zero-order valence-corrected chi connectivity index (χ0v) is 38.7. The van der Waals surface area contributed by atoms with Gasteiger partial charge in [-0.3, -0.25) is 23.4 Å². The molecule has 0 saturated carbocycles. The smallest absolute Gasteiger partial charge is 0.472 e. The van der Waals surface area contributed by atoms with Crippen molar-refractivity contribution in [2.75, 3.05) is 19.8 Å². The molecule has 60 heavy (non-hydrogen) atoms. The van der Waals surface area contributed by atoms with Gasteiger partial charge in [0.25, 0.3) is 0 Å². The minimum atomic E-state index is -4.72. The lowest BCUT2D eigenvalue weighted by atomic mass is 10.0. The Morgan fingerprint density at radius 1 is 0.517 bits per heavy atom. The predicted octanol–water partition coefficient (Wildman–Crippen LogP) is 13.0. The van der Waals surface area contributed by atoms with Gasteiger partial charge in [-0.2, -0.15) is 0 Å².